The summed E-state index contributed by atoms with van der Waals surface area (Å²) in [4.78, 5) is 50.2. The van der Waals surface area contributed by atoms with Crippen molar-refractivity contribution < 1.29 is 23.9 Å². The number of amides is 5. The van der Waals surface area contributed by atoms with Gasteiger partial charge in [0, 0.05) is 17.8 Å². The van der Waals surface area contributed by atoms with Crippen LogP contribution in [0.1, 0.15) is 15.9 Å². The smallest absolute Gasteiger partial charge is 0.334 e. The monoisotopic (exact) mass is 393 g/mol. The maximum atomic E-state index is 12.4. The largest absolute Gasteiger partial charge is 0.497 e. The summed E-state index contributed by atoms with van der Waals surface area (Å²) in [6.45, 7) is 3.39. The Morgan fingerprint density at radius 2 is 1.62 bits per heavy atom. The van der Waals surface area contributed by atoms with Gasteiger partial charge in [0.05, 0.1) is 13.7 Å². The highest BCUT2D eigenvalue weighted by Crippen LogP contribution is 2.18. The number of nitrogens with zero attached hydrogens (tertiary/aromatic N) is 2. The van der Waals surface area contributed by atoms with Gasteiger partial charge >= 0.3 is 17.8 Å². The number of nitrogens with one attached hydrogen (secondary N) is 1. The molecule has 1 aliphatic rings. The summed E-state index contributed by atoms with van der Waals surface area (Å²) in [5.74, 6) is -1.37. The first-order valence-corrected chi connectivity index (χ1v) is 8.77. The molecular weight excluding hydrogens is 374 g/mol. The molecule has 0 saturated carbocycles. The second-order valence-corrected chi connectivity index (χ2v) is 6.26. The molecule has 2 aromatic carbocycles. The van der Waals surface area contributed by atoms with Crippen LogP contribution in [0, 0.1) is 0 Å². The van der Waals surface area contributed by atoms with Crippen LogP contribution in [0.15, 0.2) is 61.2 Å². The Labute approximate surface area is 167 Å². The van der Waals surface area contributed by atoms with Crippen molar-refractivity contribution in [3.8, 4) is 5.75 Å². The second kappa shape index (κ2) is 8.39. The molecule has 0 aromatic heterocycles. The lowest BCUT2D eigenvalue weighted by atomic mass is 10.1. The van der Waals surface area contributed by atoms with Gasteiger partial charge in [0.1, 0.15) is 5.75 Å². The van der Waals surface area contributed by atoms with Crippen LogP contribution >= 0.6 is 0 Å². The minimum Gasteiger partial charge on any atom is -0.497 e. The lowest BCUT2D eigenvalue weighted by molar-refractivity contribution is -0.143. The quantitative estimate of drug-likeness (QED) is 0.443. The van der Waals surface area contributed by atoms with Crippen LogP contribution in [-0.4, -0.2) is 47.2 Å². The van der Waals surface area contributed by atoms with Crippen LogP contribution in [0.2, 0.25) is 0 Å². The molecule has 3 rings (SSSR count). The molecule has 1 saturated heterocycles. The van der Waals surface area contributed by atoms with E-state index in [4.69, 9.17) is 4.74 Å². The van der Waals surface area contributed by atoms with E-state index in [1.165, 1.54) is 6.08 Å². The van der Waals surface area contributed by atoms with Crippen molar-refractivity contribution in [3.05, 3.63) is 72.3 Å². The molecule has 2 aromatic rings. The van der Waals surface area contributed by atoms with Crippen molar-refractivity contribution >= 4 is 29.4 Å². The molecular formula is C21H19N3O5. The van der Waals surface area contributed by atoms with E-state index in [0.717, 1.165) is 9.80 Å². The Kier molecular flexibility index (Phi) is 5.73. The topological polar surface area (TPSA) is 96.0 Å². The highest BCUT2D eigenvalue weighted by molar-refractivity contribution is 6.44. The standard InChI is InChI=1S/C21H19N3O5/c1-3-12-23-19(26)20(27)24(21(23)28)13-14-4-6-15(7-5-14)18(25)22-16-8-10-17(29-2)11-9-16/h3-11H,1,12-13H2,2H3,(H,22,25). The van der Waals surface area contributed by atoms with Crippen LogP contribution in [0.4, 0.5) is 10.5 Å². The third-order valence-electron chi connectivity index (χ3n) is 4.35. The predicted molar refractivity (Wildman–Crippen MR) is 105 cm³/mol. The fraction of sp³-hybridized carbons (Fsp3) is 0.143. The molecule has 5 amide bonds. The number of methoxy groups -OCH3 is 1. The minimum absolute atomic E-state index is 0.0234. The molecule has 8 nitrogen and oxygen atoms in total. The van der Waals surface area contributed by atoms with Gasteiger partial charge in [0.25, 0.3) is 5.91 Å². The average molecular weight is 393 g/mol. The van der Waals surface area contributed by atoms with E-state index in [1.807, 2.05) is 0 Å². The van der Waals surface area contributed by atoms with Gasteiger partial charge in [-0.05, 0) is 42.0 Å². The summed E-state index contributed by atoms with van der Waals surface area (Å²) in [5.41, 5.74) is 1.64. The van der Waals surface area contributed by atoms with Crippen molar-refractivity contribution in [2.24, 2.45) is 0 Å². The number of carbonyl (C=O) groups is 4. The third-order valence-corrected chi connectivity index (χ3v) is 4.35. The highest BCUT2D eigenvalue weighted by Gasteiger charge is 2.43. The van der Waals surface area contributed by atoms with Gasteiger partial charge in [-0.15, -0.1) is 6.58 Å². The van der Waals surface area contributed by atoms with E-state index in [0.29, 0.717) is 22.6 Å². The number of benzene rings is 2. The molecule has 0 atom stereocenters. The fourth-order valence-corrected chi connectivity index (χ4v) is 2.80. The number of rotatable bonds is 7. The maximum Gasteiger partial charge on any atom is 0.334 e. The Bertz CT molecular complexity index is 967. The molecule has 0 spiro atoms. The van der Waals surface area contributed by atoms with Gasteiger partial charge in [-0.25, -0.2) is 4.79 Å². The first-order chi connectivity index (χ1) is 13.9. The normalized spacial score (nSPS) is 13.6. The maximum absolute atomic E-state index is 12.4. The number of hydrogen-bond donors (Lipinski definition) is 1. The van der Waals surface area contributed by atoms with E-state index in [9.17, 15) is 19.2 Å². The molecule has 8 heteroatoms. The van der Waals surface area contributed by atoms with Crippen molar-refractivity contribution in [1.82, 2.24) is 9.80 Å². The number of ether oxygens (including phenoxy) is 1. The van der Waals surface area contributed by atoms with Crippen LogP contribution in [0.3, 0.4) is 0 Å². The Morgan fingerprint density at radius 3 is 2.21 bits per heavy atom. The van der Waals surface area contributed by atoms with Gasteiger partial charge < -0.3 is 10.1 Å². The zero-order valence-electron chi connectivity index (χ0n) is 15.8. The van der Waals surface area contributed by atoms with Crippen LogP contribution < -0.4 is 10.1 Å². The number of urea groups is 1. The summed E-state index contributed by atoms with van der Waals surface area (Å²) in [6.07, 6.45) is 1.38. The molecule has 1 N–H and O–H groups in total. The molecule has 0 unspecified atom stereocenters. The molecule has 1 heterocycles. The molecule has 148 valence electrons. The van der Waals surface area contributed by atoms with Crippen molar-refractivity contribution in [2.45, 2.75) is 6.54 Å². The van der Waals surface area contributed by atoms with Crippen LogP contribution in [0.25, 0.3) is 0 Å². The van der Waals surface area contributed by atoms with Gasteiger partial charge in [-0.1, -0.05) is 18.2 Å². The Hall–Kier alpha value is -3.94. The molecule has 0 aliphatic carbocycles. The molecule has 1 fully saturated rings. The predicted octanol–water partition coefficient (Wildman–Crippen LogP) is 2.42. The fourth-order valence-electron chi connectivity index (χ4n) is 2.80. The third kappa shape index (κ3) is 4.16. The zero-order valence-corrected chi connectivity index (χ0v) is 15.8. The van der Waals surface area contributed by atoms with E-state index in [1.54, 1.807) is 55.6 Å². The number of hydrogen-bond acceptors (Lipinski definition) is 5. The molecule has 1 aliphatic heterocycles. The summed E-state index contributed by atoms with van der Waals surface area (Å²) in [5, 5.41) is 2.77. The zero-order chi connectivity index (χ0) is 21.0. The lowest BCUT2D eigenvalue weighted by Gasteiger charge is -2.14. The number of carbonyl (C=O) groups excluding carboxylic acids is 4. The summed E-state index contributed by atoms with van der Waals surface area (Å²) in [6, 6.07) is 12.7. The number of imide groups is 2. The molecule has 29 heavy (non-hydrogen) atoms. The van der Waals surface area contributed by atoms with Gasteiger partial charge in [-0.2, -0.15) is 0 Å². The van der Waals surface area contributed by atoms with E-state index in [2.05, 4.69) is 11.9 Å². The van der Waals surface area contributed by atoms with Gasteiger partial charge in [0.15, 0.2) is 0 Å². The second-order valence-electron chi connectivity index (χ2n) is 6.26. The molecule has 0 bridgehead atoms. The summed E-state index contributed by atoms with van der Waals surface area (Å²) >= 11 is 0. The first-order valence-electron chi connectivity index (χ1n) is 8.77. The van der Waals surface area contributed by atoms with Crippen molar-refractivity contribution in [2.75, 3.05) is 19.0 Å². The Balaban J connectivity index is 1.66. The summed E-state index contributed by atoms with van der Waals surface area (Å²) in [7, 11) is 1.56. The number of anilines is 1. The van der Waals surface area contributed by atoms with Gasteiger partial charge in [-0.3, -0.25) is 24.2 Å². The van der Waals surface area contributed by atoms with Crippen LogP contribution in [0.5, 0.6) is 5.75 Å². The van der Waals surface area contributed by atoms with Crippen molar-refractivity contribution in [1.29, 1.82) is 0 Å². The van der Waals surface area contributed by atoms with E-state index in [-0.39, 0.29) is 19.0 Å². The molecule has 0 radical (unpaired) electrons. The van der Waals surface area contributed by atoms with Crippen molar-refractivity contribution in [3.63, 3.8) is 0 Å². The van der Waals surface area contributed by atoms with E-state index < -0.39 is 17.8 Å². The minimum atomic E-state index is -0.877. The SMILES string of the molecule is C=CCN1C(=O)C(=O)N(Cc2ccc(C(=O)Nc3ccc(OC)cc3)cc2)C1=O. The summed E-state index contributed by atoms with van der Waals surface area (Å²) < 4.78 is 5.07. The van der Waals surface area contributed by atoms with Crippen LogP contribution in [-0.2, 0) is 16.1 Å². The van der Waals surface area contributed by atoms with Gasteiger partial charge in [0.2, 0.25) is 0 Å². The first kappa shape index (κ1) is 19.8. The highest BCUT2D eigenvalue weighted by atomic mass is 16.5. The Morgan fingerprint density at radius 1 is 1.00 bits per heavy atom. The lowest BCUT2D eigenvalue weighted by Crippen LogP contribution is -2.33. The van der Waals surface area contributed by atoms with E-state index >= 15 is 0 Å². The average Bonchev–Trinajstić information content (AvgIpc) is 2.93.